The summed E-state index contributed by atoms with van der Waals surface area (Å²) in [6.07, 6.45) is 0.888. The van der Waals surface area contributed by atoms with Crippen molar-refractivity contribution in [2.75, 3.05) is 0 Å². The number of hydrogen-bond acceptors (Lipinski definition) is 2. The van der Waals surface area contributed by atoms with Crippen LogP contribution in [-0.4, -0.2) is 9.78 Å². The molecule has 2 rings (SSSR count). The Bertz CT molecular complexity index is 628. The van der Waals surface area contributed by atoms with Gasteiger partial charge < -0.3 is 4.74 Å². The molecule has 0 aliphatic carbocycles. The molecule has 0 fully saturated rings. The standard InChI is InChI=1S/C15H17Br2ClN2O/c1-3-12-14(17)13(20(4-2)19-12)9-21-15-10(8-16)6-5-7-11(15)18/h5-7H,3-4,8-9H2,1-2H3. The molecule has 0 spiro atoms. The number of hydrogen-bond donors (Lipinski definition) is 0. The van der Waals surface area contributed by atoms with Crippen LogP contribution in [0.25, 0.3) is 0 Å². The van der Waals surface area contributed by atoms with E-state index in [2.05, 4.69) is 50.8 Å². The SMILES string of the molecule is CCc1nn(CC)c(COc2c(Cl)cccc2CBr)c1Br. The number of rotatable bonds is 6. The van der Waals surface area contributed by atoms with E-state index in [4.69, 9.17) is 16.3 Å². The predicted octanol–water partition coefficient (Wildman–Crippen LogP) is 5.36. The predicted molar refractivity (Wildman–Crippen MR) is 93.4 cm³/mol. The van der Waals surface area contributed by atoms with Gasteiger partial charge in [-0.25, -0.2) is 0 Å². The highest BCUT2D eigenvalue weighted by Crippen LogP contribution is 2.32. The molecule has 0 aliphatic heterocycles. The fourth-order valence-corrected chi connectivity index (χ4v) is 3.49. The molecular formula is C15H17Br2ClN2O. The number of ether oxygens (including phenoxy) is 1. The number of halogens is 3. The van der Waals surface area contributed by atoms with Gasteiger partial charge in [-0.15, -0.1) is 0 Å². The molecule has 0 atom stereocenters. The van der Waals surface area contributed by atoms with Crippen molar-refractivity contribution in [2.24, 2.45) is 0 Å². The van der Waals surface area contributed by atoms with Crippen molar-refractivity contribution in [3.63, 3.8) is 0 Å². The Labute approximate surface area is 146 Å². The van der Waals surface area contributed by atoms with E-state index in [1.165, 1.54) is 0 Å². The van der Waals surface area contributed by atoms with Crippen LogP contribution in [0.15, 0.2) is 22.7 Å². The number of benzene rings is 1. The van der Waals surface area contributed by atoms with E-state index in [0.717, 1.165) is 40.1 Å². The first-order valence-corrected chi connectivity index (χ1v) is 9.11. The molecule has 0 unspecified atom stereocenters. The number of aryl methyl sites for hydroxylation is 2. The lowest BCUT2D eigenvalue weighted by atomic mass is 10.2. The van der Waals surface area contributed by atoms with E-state index in [9.17, 15) is 0 Å². The zero-order valence-corrected chi connectivity index (χ0v) is 15.9. The van der Waals surface area contributed by atoms with Gasteiger partial charge in [-0.05, 0) is 35.3 Å². The number of alkyl halides is 1. The van der Waals surface area contributed by atoms with Gasteiger partial charge in [-0.1, -0.05) is 46.6 Å². The van der Waals surface area contributed by atoms with Crippen molar-refractivity contribution in [2.45, 2.75) is 38.8 Å². The summed E-state index contributed by atoms with van der Waals surface area (Å²) in [5, 5.41) is 5.90. The van der Waals surface area contributed by atoms with Gasteiger partial charge in [0.2, 0.25) is 0 Å². The normalized spacial score (nSPS) is 10.9. The summed E-state index contributed by atoms with van der Waals surface area (Å²) in [4.78, 5) is 0. The summed E-state index contributed by atoms with van der Waals surface area (Å²) in [5.74, 6) is 0.727. The summed E-state index contributed by atoms with van der Waals surface area (Å²) in [7, 11) is 0. The van der Waals surface area contributed by atoms with Crippen LogP contribution in [0.1, 0.15) is 30.8 Å². The van der Waals surface area contributed by atoms with E-state index in [1.807, 2.05) is 22.9 Å². The highest BCUT2D eigenvalue weighted by molar-refractivity contribution is 9.10. The highest BCUT2D eigenvalue weighted by Gasteiger charge is 2.16. The highest BCUT2D eigenvalue weighted by atomic mass is 79.9. The Morgan fingerprint density at radius 3 is 2.71 bits per heavy atom. The minimum atomic E-state index is 0.436. The zero-order chi connectivity index (χ0) is 15.4. The van der Waals surface area contributed by atoms with Gasteiger partial charge in [0.15, 0.2) is 0 Å². The minimum Gasteiger partial charge on any atom is -0.485 e. The van der Waals surface area contributed by atoms with Gasteiger partial charge in [0.1, 0.15) is 12.4 Å². The van der Waals surface area contributed by atoms with Crippen LogP contribution in [0.2, 0.25) is 5.02 Å². The number of nitrogens with zero attached hydrogens (tertiary/aromatic N) is 2. The first-order chi connectivity index (χ1) is 10.1. The number of aromatic nitrogens is 2. The summed E-state index contributed by atoms with van der Waals surface area (Å²) in [6.45, 7) is 5.41. The summed E-state index contributed by atoms with van der Waals surface area (Å²) in [6, 6.07) is 5.76. The van der Waals surface area contributed by atoms with Gasteiger partial charge in [-0.2, -0.15) is 5.10 Å². The number of para-hydroxylation sites is 1. The van der Waals surface area contributed by atoms with E-state index < -0.39 is 0 Å². The molecule has 6 heteroatoms. The Balaban J connectivity index is 2.26. The van der Waals surface area contributed by atoms with Gasteiger partial charge in [0.05, 0.1) is 20.9 Å². The summed E-state index contributed by atoms with van der Waals surface area (Å²) >= 11 is 13.3. The topological polar surface area (TPSA) is 27.1 Å². The lowest BCUT2D eigenvalue weighted by molar-refractivity contribution is 0.290. The maximum Gasteiger partial charge on any atom is 0.142 e. The molecule has 114 valence electrons. The molecule has 0 saturated carbocycles. The van der Waals surface area contributed by atoms with Crippen molar-refractivity contribution < 1.29 is 4.74 Å². The van der Waals surface area contributed by atoms with Crippen LogP contribution >= 0.6 is 43.5 Å². The van der Waals surface area contributed by atoms with Crippen LogP contribution in [0.4, 0.5) is 0 Å². The Morgan fingerprint density at radius 2 is 2.10 bits per heavy atom. The van der Waals surface area contributed by atoms with Gasteiger partial charge in [-0.3, -0.25) is 4.68 Å². The average molecular weight is 437 g/mol. The summed E-state index contributed by atoms with van der Waals surface area (Å²) in [5.41, 5.74) is 3.13. The Kier molecular flexibility index (Phi) is 6.14. The van der Waals surface area contributed by atoms with Crippen molar-refractivity contribution in [3.05, 3.63) is 44.6 Å². The smallest absolute Gasteiger partial charge is 0.142 e. The average Bonchev–Trinajstić information content (AvgIpc) is 2.81. The second-order valence-corrected chi connectivity index (χ2v) is 6.29. The van der Waals surface area contributed by atoms with E-state index in [1.54, 1.807) is 0 Å². The molecule has 0 amide bonds. The molecule has 1 aromatic heterocycles. The van der Waals surface area contributed by atoms with Gasteiger partial charge in [0.25, 0.3) is 0 Å². The fraction of sp³-hybridized carbons (Fsp3) is 0.400. The third-order valence-electron chi connectivity index (χ3n) is 3.24. The Morgan fingerprint density at radius 1 is 1.33 bits per heavy atom. The molecule has 0 radical (unpaired) electrons. The molecule has 21 heavy (non-hydrogen) atoms. The van der Waals surface area contributed by atoms with Crippen LogP contribution in [-0.2, 0) is 24.9 Å². The third-order valence-corrected chi connectivity index (χ3v) is 5.06. The molecule has 1 heterocycles. The molecule has 0 bridgehead atoms. The molecule has 1 aromatic carbocycles. The van der Waals surface area contributed by atoms with E-state index >= 15 is 0 Å². The monoisotopic (exact) mass is 434 g/mol. The van der Waals surface area contributed by atoms with Crippen molar-refractivity contribution in [1.82, 2.24) is 9.78 Å². The van der Waals surface area contributed by atoms with E-state index in [0.29, 0.717) is 17.0 Å². The van der Waals surface area contributed by atoms with Crippen LogP contribution in [0.5, 0.6) is 5.75 Å². The van der Waals surface area contributed by atoms with Crippen molar-refractivity contribution in [3.8, 4) is 5.75 Å². The molecule has 3 nitrogen and oxygen atoms in total. The first kappa shape index (κ1) is 16.8. The van der Waals surface area contributed by atoms with Crippen molar-refractivity contribution in [1.29, 1.82) is 0 Å². The lowest BCUT2D eigenvalue weighted by Crippen LogP contribution is -2.07. The Hall–Kier alpha value is -0.520. The van der Waals surface area contributed by atoms with Crippen molar-refractivity contribution >= 4 is 43.5 Å². The molecular weight excluding hydrogens is 419 g/mol. The zero-order valence-electron chi connectivity index (χ0n) is 12.0. The quantitative estimate of drug-likeness (QED) is 0.571. The largest absolute Gasteiger partial charge is 0.485 e. The summed E-state index contributed by atoms with van der Waals surface area (Å²) < 4.78 is 8.97. The molecule has 0 saturated heterocycles. The maximum atomic E-state index is 6.24. The second kappa shape index (κ2) is 7.65. The molecule has 0 aliphatic rings. The van der Waals surface area contributed by atoms with Crippen LogP contribution in [0.3, 0.4) is 0 Å². The van der Waals surface area contributed by atoms with E-state index in [-0.39, 0.29) is 0 Å². The fourth-order valence-electron chi connectivity index (χ4n) is 2.12. The third kappa shape index (κ3) is 3.63. The molecule has 2 aromatic rings. The lowest BCUT2D eigenvalue weighted by Gasteiger charge is -2.13. The van der Waals surface area contributed by atoms with Gasteiger partial charge in [0, 0.05) is 17.4 Å². The minimum absolute atomic E-state index is 0.436. The first-order valence-electron chi connectivity index (χ1n) is 6.82. The second-order valence-electron chi connectivity index (χ2n) is 4.53. The molecule has 0 N–H and O–H groups in total. The van der Waals surface area contributed by atoms with Crippen LogP contribution in [0, 0.1) is 0 Å². The van der Waals surface area contributed by atoms with Crippen LogP contribution < -0.4 is 4.74 Å². The maximum absolute atomic E-state index is 6.24. The van der Waals surface area contributed by atoms with Gasteiger partial charge >= 0.3 is 0 Å².